The molecular formula is C18H21N5O3. The van der Waals surface area contributed by atoms with Crippen LogP contribution >= 0.6 is 0 Å². The molecule has 0 N–H and O–H groups in total. The molecule has 1 fully saturated rings. The van der Waals surface area contributed by atoms with Crippen molar-refractivity contribution in [1.29, 1.82) is 0 Å². The minimum absolute atomic E-state index is 0.0359. The molecule has 0 spiro atoms. The van der Waals surface area contributed by atoms with Crippen LogP contribution in [-0.2, 0) is 16.1 Å². The van der Waals surface area contributed by atoms with Crippen molar-refractivity contribution in [2.24, 2.45) is 0 Å². The number of rotatable bonds is 5. The Labute approximate surface area is 151 Å². The van der Waals surface area contributed by atoms with Crippen molar-refractivity contribution in [3.8, 4) is 5.69 Å². The summed E-state index contributed by atoms with van der Waals surface area (Å²) in [6.45, 7) is 0.378. The predicted octanol–water partition coefficient (Wildman–Crippen LogP) is 1.11. The van der Waals surface area contributed by atoms with Gasteiger partial charge in [-0.3, -0.25) is 14.5 Å². The minimum atomic E-state index is -0.746. The average Bonchev–Trinajstić information content (AvgIpc) is 3.23. The lowest BCUT2D eigenvalue weighted by Crippen LogP contribution is -2.38. The number of carbonyl (C=O) groups is 3. The highest BCUT2D eigenvalue weighted by molar-refractivity contribution is 6.05. The maximum Gasteiger partial charge on any atom is 0.326 e. The van der Waals surface area contributed by atoms with Crippen molar-refractivity contribution < 1.29 is 14.4 Å². The summed E-state index contributed by atoms with van der Waals surface area (Å²) in [5.74, 6) is -0.551. The minimum Gasteiger partial charge on any atom is -0.341 e. The maximum absolute atomic E-state index is 12.6. The van der Waals surface area contributed by atoms with Gasteiger partial charge in [-0.05, 0) is 17.7 Å². The van der Waals surface area contributed by atoms with Gasteiger partial charge >= 0.3 is 6.03 Å². The largest absolute Gasteiger partial charge is 0.341 e. The highest BCUT2D eigenvalue weighted by Gasteiger charge is 2.42. The lowest BCUT2D eigenvalue weighted by molar-refractivity contribution is -0.135. The molecule has 26 heavy (non-hydrogen) atoms. The van der Waals surface area contributed by atoms with E-state index < -0.39 is 6.04 Å². The molecule has 1 aromatic carbocycles. The van der Waals surface area contributed by atoms with Crippen LogP contribution in [0.3, 0.4) is 0 Å². The van der Waals surface area contributed by atoms with Crippen molar-refractivity contribution in [3.05, 3.63) is 48.3 Å². The second-order valence-corrected chi connectivity index (χ2v) is 6.34. The molecule has 1 aliphatic rings. The molecule has 0 radical (unpaired) electrons. The van der Waals surface area contributed by atoms with Crippen molar-refractivity contribution in [1.82, 2.24) is 24.5 Å². The molecule has 2 heterocycles. The van der Waals surface area contributed by atoms with E-state index in [1.807, 2.05) is 36.5 Å². The number of aromatic nitrogens is 2. The normalized spacial score (nSPS) is 17.1. The number of urea groups is 1. The molecule has 1 aromatic heterocycles. The van der Waals surface area contributed by atoms with Crippen LogP contribution in [-0.4, -0.2) is 69.5 Å². The monoisotopic (exact) mass is 355 g/mol. The maximum atomic E-state index is 12.6. The van der Waals surface area contributed by atoms with Crippen molar-refractivity contribution in [2.75, 3.05) is 21.1 Å². The summed E-state index contributed by atoms with van der Waals surface area (Å²) in [6.07, 6.45) is 3.50. The third kappa shape index (κ3) is 3.17. The fraction of sp³-hybridized carbons (Fsp3) is 0.333. The summed E-state index contributed by atoms with van der Waals surface area (Å²) in [5.41, 5.74) is 1.83. The lowest BCUT2D eigenvalue weighted by atomic mass is 10.1. The van der Waals surface area contributed by atoms with Gasteiger partial charge in [-0.1, -0.05) is 18.2 Å². The molecule has 0 bridgehead atoms. The zero-order valence-corrected chi connectivity index (χ0v) is 15.0. The average molecular weight is 355 g/mol. The highest BCUT2D eigenvalue weighted by Crippen LogP contribution is 2.19. The van der Waals surface area contributed by atoms with Crippen molar-refractivity contribution in [3.63, 3.8) is 0 Å². The van der Waals surface area contributed by atoms with Crippen molar-refractivity contribution >= 4 is 17.8 Å². The molecule has 8 nitrogen and oxygen atoms in total. The van der Waals surface area contributed by atoms with Gasteiger partial charge in [-0.2, -0.15) is 5.10 Å². The third-order valence-corrected chi connectivity index (χ3v) is 4.62. The van der Waals surface area contributed by atoms with Crippen LogP contribution in [0.4, 0.5) is 4.79 Å². The van der Waals surface area contributed by atoms with E-state index in [0.29, 0.717) is 6.54 Å². The number of benzene rings is 1. The number of imide groups is 1. The van der Waals surface area contributed by atoms with E-state index in [4.69, 9.17) is 0 Å². The first kappa shape index (κ1) is 17.7. The molecule has 0 saturated carbocycles. The molecule has 1 atom stereocenters. The predicted molar refractivity (Wildman–Crippen MR) is 94.4 cm³/mol. The Kier molecular flexibility index (Phi) is 4.75. The Hall–Kier alpha value is -3.16. The Morgan fingerprint density at radius 1 is 1.19 bits per heavy atom. The lowest BCUT2D eigenvalue weighted by Gasteiger charge is -2.22. The first-order chi connectivity index (χ1) is 12.4. The van der Waals surface area contributed by atoms with Crippen LogP contribution in [0, 0.1) is 0 Å². The summed E-state index contributed by atoms with van der Waals surface area (Å²) in [5, 5.41) is 4.24. The number of amides is 4. The van der Waals surface area contributed by atoms with E-state index in [9.17, 15) is 14.4 Å². The standard InChI is InChI=1S/C18H21N5O3/c1-20(16(24)11-15-17(25)22(3)18(26)21(15)2)12-13-7-4-5-8-14(13)23-10-6-9-19-23/h4-10,15H,11-12H2,1-3H3. The van der Waals surface area contributed by atoms with Gasteiger partial charge in [0.1, 0.15) is 6.04 Å². The summed E-state index contributed by atoms with van der Waals surface area (Å²) in [7, 11) is 4.65. The van der Waals surface area contributed by atoms with Crippen LogP contribution in [0.1, 0.15) is 12.0 Å². The SMILES string of the molecule is CN(Cc1ccccc1-n1cccn1)C(=O)CC1C(=O)N(C)C(=O)N1C. The fourth-order valence-electron chi connectivity index (χ4n) is 3.02. The number of likely N-dealkylation sites (N-methyl/N-ethyl adjacent to an activating group) is 2. The zero-order valence-electron chi connectivity index (χ0n) is 15.0. The molecular weight excluding hydrogens is 334 g/mol. The first-order valence-electron chi connectivity index (χ1n) is 8.26. The van der Waals surface area contributed by atoms with Gasteiger partial charge in [0.2, 0.25) is 5.91 Å². The van der Waals surface area contributed by atoms with Gasteiger partial charge in [-0.25, -0.2) is 9.48 Å². The van der Waals surface area contributed by atoms with Crippen LogP contribution in [0.2, 0.25) is 0 Å². The van der Waals surface area contributed by atoms with Gasteiger partial charge in [0.15, 0.2) is 0 Å². The summed E-state index contributed by atoms with van der Waals surface area (Å²) < 4.78 is 1.75. The van der Waals surface area contributed by atoms with E-state index in [0.717, 1.165) is 16.2 Å². The van der Waals surface area contributed by atoms with Crippen LogP contribution in [0.5, 0.6) is 0 Å². The number of hydrogen-bond donors (Lipinski definition) is 0. The second kappa shape index (κ2) is 6.99. The Bertz CT molecular complexity index is 833. The Morgan fingerprint density at radius 2 is 1.92 bits per heavy atom. The molecule has 8 heteroatoms. The van der Waals surface area contributed by atoms with Crippen LogP contribution in [0.15, 0.2) is 42.7 Å². The zero-order chi connectivity index (χ0) is 18.8. The topological polar surface area (TPSA) is 78.8 Å². The van der Waals surface area contributed by atoms with E-state index in [1.165, 1.54) is 19.0 Å². The molecule has 1 unspecified atom stereocenters. The Balaban J connectivity index is 1.71. The molecule has 3 rings (SSSR count). The molecule has 4 amide bonds. The first-order valence-corrected chi connectivity index (χ1v) is 8.26. The van der Waals surface area contributed by atoms with Gasteiger partial charge in [0.05, 0.1) is 12.1 Å². The number of hydrogen-bond acceptors (Lipinski definition) is 4. The number of para-hydroxylation sites is 1. The van der Waals surface area contributed by atoms with Crippen LogP contribution < -0.4 is 0 Å². The van der Waals surface area contributed by atoms with E-state index in [2.05, 4.69) is 5.10 Å². The highest BCUT2D eigenvalue weighted by atomic mass is 16.2. The van der Waals surface area contributed by atoms with E-state index in [-0.39, 0.29) is 24.3 Å². The fourth-order valence-corrected chi connectivity index (χ4v) is 3.02. The summed E-state index contributed by atoms with van der Waals surface area (Å²) >= 11 is 0. The Morgan fingerprint density at radius 3 is 2.54 bits per heavy atom. The quantitative estimate of drug-likeness (QED) is 0.753. The van der Waals surface area contributed by atoms with Gasteiger partial charge in [-0.15, -0.1) is 0 Å². The third-order valence-electron chi connectivity index (χ3n) is 4.62. The molecule has 0 aliphatic carbocycles. The van der Waals surface area contributed by atoms with Gasteiger partial charge in [0.25, 0.3) is 5.91 Å². The molecule has 1 aliphatic heterocycles. The smallest absolute Gasteiger partial charge is 0.326 e. The molecule has 1 saturated heterocycles. The second-order valence-electron chi connectivity index (χ2n) is 6.34. The van der Waals surface area contributed by atoms with Gasteiger partial charge in [0, 0.05) is 40.1 Å². The summed E-state index contributed by atoms with van der Waals surface area (Å²) in [4.78, 5) is 40.5. The molecule has 2 aromatic rings. The van der Waals surface area contributed by atoms with E-state index in [1.54, 1.807) is 22.8 Å². The number of nitrogens with zero attached hydrogens (tertiary/aromatic N) is 5. The van der Waals surface area contributed by atoms with E-state index >= 15 is 0 Å². The van der Waals surface area contributed by atoms with Gasteiger partial charge < -0.3 is 9.80 Å². The van der Waals surface area contributed by atoms with Crippen molar-refractivity contribution in [2.45, 2.75) is 19.0 Å². The molecule has 136 valence electrons. The van der Waals surface area contributed by atoms with Crippen LogP contribution in [0.25, 0.3) is 5.69 Å². The number of carbonyl (C=O) groups excluding carboxylic acids is 3. The summed E-state index contributed by atoms with van der Waals surface area (Å²) in [6, 6.07) is 8.38.